The van der Waals surface area contributed by atoms with Gasteiger partial charge in [-0.2, -0.15) is 0 Å². The van der Waals surface area contributed by atoms with E-state index in [1.54, 1.807) is 0 Å². The number of carbonyl (C=O) groups excluding carboxylic acids is 1. The van der Waals surface area contributed by atoms with Crippen molar-refractivity contribution >= 4 is 5.91 Å². The minimum atomic E-state index is -0.116. The maximum absolute atomic E-state index is 12.5. The molecule has 2 atom stereocenters. The van der Waals surface area contributed by atoms with Crippen molar-refractivity contribution in [1.29, 1.82) is 0 Å². The van der Waals surface area contributed by atoms with E-state index in [0.29, 0.717) is 12.5 Å². The van der Waals surface area contributed by atoms with E-state index in [-0.39, 0.29) is 18.0 Å². The number of nitrogens with two attached hydrogens (primary N) is 1. The number of nitrogens with one attached hydrogen (secondary N) is 1. The molecule has 4 heteroatoms. The lowest BCUT2D eigenvalue weighted by Gasteiger charge is -2.33. The zero-order valence-electron chi connectivity index (χ0n) is 14.0. The molecule has 0 saturated carbocycles. The number of rotatable bonds is 6. The summed E-state index contributed by atoms with van der Waals surface area (Å²) in [4.78, 5) is 14.7. The van der Waals surface area contributed by atoms with Crippen molar-refractivity contribution in [2.45, 2.75) is 52.2 Å². The van der Waals surface area contributed by atoms with Crippen LogP contribution in [0.3, 0.4) is 0 Å². The zero-order valence-corrected chi connectivity index (χ0v) is 14.0. The van der Waals surface area contributed by atoms with Crippen molar-refractivity contribution < 1.29 is 4.79 Å². The average Bonchev–Trinajstić information content (AvgIpc) is 2.52. The van der Waals surface area contributed by atoms with Gasteiger partial charge in [-0.25, -0.2) is 0 Å². The van der Waals surface area contributed by atoms with E-state index in [1.807, 2.05) is 6.92 Å². The molecule has 1 heterocycles. The molecule has 0 saturated heterocycles. The maximum Gasteiger partial charge on any atom is 0.237 e. The van der Waals surface area contributed by atoms with Crippen LogP contribution in [-0.2, 0) is 17.8 Å². The van der Waals surface area contributed by atoms with Crippen molar-refractivity contribution in [1.82, 2.24) is 10.2 Å². The topological polar surface area (TPSA) is 58.4 Å². The molecule has 0 bridgehead atoms. The fourth-order valence-corrected chi connectivity index (χ4v) is 3.12. The Hall–Kier alpha value is -1.39. The molecule has 1 aliphatic rings. The number of amides is 1. The van der Waals surface area contributed by atoms with E-state index >= 15 is 0 Å². The molecule has 1 aliphatic heterocycles. The standard InChI is InChI=1S/C18H29N3O/c1-13(2)10-17(11-19)20-18(22)14(3)21-9-8-15-6-4-5-7-16(15)12-21/h4-7,13-14,17H,8-12,19H2,1-3H3,(H,20,22). The summed E-state index contributed by atoms with van der Waals surface area (Å²) in [5.74, 6) is 0.626. The smallest absolute Gasteiger partial charge is 0.237 e. The van der Waals surface area contributed by atoms with Crippen LogP contribution in [0.5, 0.6) is 0 Å². The molecule has 122 valence electrons. The van der Waals surface area contributed by atoms with E-state index in [4.69, 9.17) is 5.73 Å². The van der Waals surface area contributed by atoms with Crippen LogP contribution in [0.1, 0.15) is 38.3 Å². The molecule has 0 spiro atoms. The summed E-state index contributed by atoms with van der Waals surface area (Å²) >= 11 is 0. The molecule has 1 aromatic rings. The molecule has 22 heavy (non-hydrogen) atoms. The van der Waals surface area contributed by atoms with Crippen LogP contribution in [0.2, 0.25) is 0 Å². The fraction of sp³-hybridized carbons (Fsp3) is 0.611. The Morgan fingerprint density at radius 1 is 1.27 bits per heavy atom. The first-order valence-electron chi connectivity index (χ1n) is 8.32. The van der Waals surface area contributed by atoms with E-state index < -0.39 is 0 Å². The van der Waals surface area contributed by atoms with Crippen molar-refractivity contribution in [3.05, 3.63) is 35.4 Å². The number of benzene rings is 1. The van der Waals surface area contributed by atoms with Crippen molar-refractivity contribution in [3.63, 3.8) is 0 Å². The third kappa shape index (κ3) is 4.31. The minimum Gasteiger partial charge on any atom is -0.351 e. The van der Waals surface area contributed by atoms with Gasteiger partial charge in [0.2, 0.25) is 5.91 Å². The summed E-state index contributed by atoms with van der Waals surface area (Å²) in [5, 5.41) is 3.11. The van der Waals surface area contributed by atoms with Gasteiger partial charge in [-0.05, 0) is 36.8 Å². The predicted octanol–water partition coefficient (Wildman–Crippen LogP) is 1.92. The number of hydrogen-bond donors (Lipinski definition) is 2. The summed E-state index contributed by atoms with van der Waals surface area (Å²) < 4.78 is 0. The van der Waals surface area contributed by atoms with E-state index in [9.17, 15) is 4.79 Å². The van der Waals surface area contributed by atoms with Gasteiger partial charge < -0.3 is 11.1 Å². The Balaban J connectivity index is 1.94. The second kappa shape index (κ2) is 7.75. The molecule has 3 N–H and O–H groups in total. The molecular weight excluding hydrogens is 274 g/mol. The number of carbonyl (C=O) groups is 1. The Labute approximate surface area is 134 Å². The van der Waals surface area contributed by atoms with Crippen molar-refractivity contribution in [2.75, 3.05) is 13.1 Å². The molecule has 0 radical (unpaired) electrons. The maximum atomic E-state index is 12.5. The third-order valence-electron chi connectivity index (χ3n) is 4.47. The van der Waals surface area contributed by atoms with Crippen LogP contribution >= 0.6 is 0 Å². The minimum absolute atomic E-state index is 0.0760. The monoisotopic (exact) mass is 303 g/mol. The van der Waals surface area contributed by atoms with Crippen molar-refractivity contribution in [2.24, 2.45) is 11.7 Å². The zero-order chi connectivity index (χ0) is 16.1. The summed E-state index contributed by atoms with van der Waals surface area (Å²) in [5.41, 5.74) is 8.53. The molecule has 0 aromatic heterocycles. The molecule has 2 unspecified atom stereocenters. The van der Waals surface area contributed by atoms with Gasteiger partial charge in [-0.3, -0.25) is 9.69 Å². The highest BCUT2D eigenvalue weighted by atomic mass is 16.2. The van der Waals surface area contributed by atoms with E-state index in [0.717, 1.165) is 25.9 Å². The van der Waals surface area contributed by atoms with Crippen LogP contribution in [0.15, 0.2) is 24.3 Å². The van der Waals surface area contributed by atoms with Gasteiger partial charge in [-0.1, -0.05) is 38.1 Å². The Morgan fingerprint density at radius 3 is 2.59 bits per heavy atom. The molecule has 0 aliphatic carbocycles. The third-order valence-corrected chi connectivity index (χ3v) is 4.47. The highest BCUT2D eigenvalue weighted by Gasteiger charge is 2.26. The Morgan fingerprint density at radius 2 is 1.95 bits per heavy atom. The highest BCUT2D eigenvalue weighted by molar-refractivity contribution is 5.81. The van der Waals surface area contributed by atoms with Crippen LogP contribution in [0.25, 0.3) is 0 Å². The van der Waals surface area contributed by atoms with E-state index in [2.05, 4.69) is 48.3 Å². The van der Waals surface area contributed by atoms with Crippen LogP contribution in [0, 0.1) is 5.92 Å². The van der Waals surface area contributed by atoms with Gasteiger partial charge in [0.05, 0.1) is 6.04 Å². The highest BCUT2D eigenvalue weighted by Crippen LogP contribution is 2.20. The normalized spacial score (nSPS) is 17.9. The lowest BCUT2D eigenvalue weighted by atomic mass is 9.98. The summed E-state index contributed by atoms with van der Waals surface area (Å²) in [7, 11) is 0. The second-order valence-electron chi connectivity index (χ2n) is 6.74. The quantitative estimate of drug-likeness (QED) is 0.844. The van der Waals surface area contributed by atoms with Crippen molar-refractivity contribution in [3.8, 4) is 0 Å². The van der Waals surface area contributed by atoms with Gasteiger partial charge in [0.1, 0.15) is 0 Å². The van der Waals surface area contributed by atoms with Gasteiger partial charge in [0.15, 0.2) is 0 Å². The first-order chi connectivity index (χ1) is 10.5. The molecule has 1 aromatic carbocycles. The molecular formula is C18H29N3O. The molecule has 1 amide bonds. The van der Waals surface area contributed by atoms with E-state index in [1.165, 1.54) is 11.1 Å². The van der Waals surface area contributed by atoms with Crippen LogP contribution in [-0.4, -0.2) is 36.0 Å². The lowest BCUT2D eigenvalue weighted by Crippen LogP contribution is -2.51. The average molecular weight is 303 g/mol. The fourth-order valence-electron chi connectivity index (χ4n) is 3.12. The van der Waals surface area contributed by atoms with Gasteiger partial charge in [0.25, 0.3) is 0 Å². The number of fused-ring (bicyclic) bond motifs is 1. The largest absolute Gasteiger partial charge is 0.351 e. The number of nitrogens with zero attached hydrogens (tertiary/aromatic N) is 1. The molecule has 2 rings (SSSR count). The Bertz CT molecular complexity index is 501. The van der Waals surface area contributed by atoms with Gasteiger partial charge >= 0.3 is 0 Å². The molecule has 4 nitrogen and oxygen atoms in total. The first kappa shape index (κ1) is 17.0. The lowest BCUT2D eigenvalue weighted by molar-refractivity contribution is -0.127. The second-order valence-corrected chi connectivity index (χ2v) is 6.74. The van der Waals surface area contributed by atoms with Gasteiger partial charge in [-0.15, -0.1) is 0 Å². The SMILES string of the molecule is CC(C)CC(CN)NC(=O)C(C)N1CCc2ccccc2C1. The van der Waals surface area contributed by atoms with Crippen LogP contribution in [0.4, 0.5) is 0 Å². The summed E-state index contributed by atoms with van der Waals surface area (Å²) in [6.07, 6.45) is 1.94. The predicted molar refractivity (Wildman–Crippen MR) is 90.5 cm³/mol. The Kier molecular flexibility index (Phi) is 5.98. The van der Waals surface area contributed by atoms with Crippen LogP contribution < -0.4 is 11.1 Å². The summed E-state index contributed by atoms with van der Waals surface area (Å²) in [6.45, 7) is 8.58. The van der Waals surface area contributed by atoms with Gasteiger partial charge in [0, 0.05) is 25.7 Å². The number of hydrogen-bond acceptors (Lipinski definition) is 3. The molecule has 0 fully saturated rings. The first-order valence-corrected chi connectivity index (χ1v) is 8.32. The summed E-state index contributed by atoms with van der Waals surface area (Å²) in [6, 6.07) is 8.46.